The number of anilines is 1. The molecule has 0 amide bonds. The summed E-state index contributed by atoms with van der Waals surface area (Å²) in [5.74, 6) is 0.594. The third-order valence-electron chi connectivity index (χ3n) is 3.06. The SMILES string of the molecule is COc1ccc(-c2cccc3c(N)ccnc23)cn1. The smallest absolute Gasteiger partial charge is 0.212 e. The minimum atomic E-state index is 0.594. The fraction of sp³-hybridized carbons (Fsp3) is 0.0667. The molecule has 0 aliphatic heterocycles. The lowest BCUT2D eigenvalue weighted by molar-refractivity contribution is 0.398. The molecule has 2 N–H and O–H groups in total. The Bertz CT molecular complexity index is 723. The minimum Gasteiger partial charge on any atom is -0.481 e. The summed E-state index contributed by atoms with van der Waals surface area (Å²) < 4.78 is 5.06. The van der Waals surface area contributed by atoms with Crippen LogP contribution in [0.4, 0.5) is 5.69 Å². The third-order valence-corrected chi connectivity index (χ3v) is 3.06. The van der Waals surface area contributed by atoms with Gasteiger partial charge in [0.25, 0.3) is 0 Å². The van der Waals surface area contributed by atoms with Crippen LogP contribution in [-0.4, -0.2) is 17.1 Å². The molecule has 0 radical (unpaired) electrons. The summed E-state index contributed by atoms with van der Waals surface area (Å²) in [5.41, 5.74) is 9.59. The molecule has 0 spiro atoms. The highest BCUT2D eigenvalue weighted by Gasteiger charge is 2.07. The standard InChI is InChI=1S/C15H13N3O/c1-19-14-6-5-10(9-18-14)11-3-2-4-12-13(16)7-8-17-15(11)12/h2-9H,1H3,(H2,16,17). The molecule has 3 aromatic rings. The van der Waals surface area contributed by atoms with Crippen molar-refractivity contribution in [1.29, 1.82) is 0 Å². The summed E-state index contributed by atoms with van der Waals surface area (Å²) in [6, 6.07) is 11.6. The molecule has 0 aliphatic rings. The predicted octanol–water partition coefficient (Wildman–Crippen LogP) is 2.89. The summed E-state index contributed by atoms with van der Waals surface area (Å²) >= 11 is 0. The van der Waals surface area contributed by atoms with Crippen molar-refractivity contribution >= 4 is 16.6 Å². The van der Waals surface area contributed by atoms with Crippen LogP contribution in [0.25, 0.3) is 22.0 Å². The van der Waals surface area contributed by atoms with Crippen LogP contribution in [0.15, 0.2) is 48.8 Å². The van der Waals surface area contributed by atoms with E-state index in [4.69, 9.17) is 10.5 Å². The Morgan fingerprint density at radius 1 is 1.05 bits per heavy atom. The number of nitrogens with zero attached hydrogens (tertiary/aromatic N) is 2. The Morgan fingerprint density at radius 3 is 2.68 bits per heavy atom. The minimum absolute atomic E-state index is 0.594. The Kier molecular flexibility index (Phi) is 2.76. The number of methoxy groups -OCH3 is 1. The molecule has 19 heavy (non-hydrogen) atoms. The topological polar surface area (TPSA) is 61.0 Å². The molecule has 0 fully saturated rings. The number of hydrogen-bond acceptors (Lipinski definition) is 4. The van der Waals surface area contributed by atoms with Crippen LogP contribution in [0.1, 0.15) is 0 Å². The normalized spacial score (nSPS) is 10.6. The first-order chi connectivity index (χ1) is 9.29. The second-order valence-corrected chi connectivity index (χ2v) is 4.19. The zero-order valence-electron chi connectivity index (χ0n) is 10.5. The van der Waals surface area contributed by atoms with Crippen LogP contribution in [-0.2, 0) is 0 Å². The molecule has 0 atom stereocenters. The van der Waals surface area contributed by atoms with Crippen molar-refractivity contribution in [2.24, 2.45) is 0 Å². The number of ether oxygens (including phenoxy) is 1. The van der Waals surface area contributed by atoms with E-state index in [0.717, 1.165) is 27.7 Å². The number of nitrogen functional groups attached to an aromatic ring is 1. The molecule has 2 heterocycles. The second kappa shape index (κ2) is 4.57. The fourth-order valence-electron chi connectivity index (χ4n) is 2.09. The predicted molar refractivity (Wildman–Crippen MR) is 75.9 cm³/mol. The maximum atomic E-state index is 5.97. The van der Waals surface area contributed by atoms with E-state index in [2.05, 4.69) is 9.97 Å². The van der Waals surface area contributed by atoms with E-state index in [-0.39, 0.29) is 0 Å². The van der Waals surface area contributed by atoms with E-state index in [1.807, 2.05) is 30.3 Å². The van der Waals surface area contributed by atoms with Crippen LogP contribution in [0.5, 0.6) is 5.88 Å². The van der Waals surface area contributed by atoms with Crippen LogP contribution in [0.3, 0.4) is 0 Å². The highest BCUT2D eigenvalue weighted by molar-refractivity contribution is 5.99. The van der Waals surface area contributed by atoms with Crippen molar-refractivity contribution in [3.8, 4) is 17.0 Å². The molecule has 1 aromatic carbocycles. The van der Waals surface area contributed by atoms with Crippen molar-refractivity contribution in [3.63, 3.8) is 0 Å². The molecule has 3 rings (SSSR count). The van der Waals surface area contributed by atoms with Crippen molar-refractivity contribution in [3.05, 3.63) is 48.8 Å². The number of fused-ring (bicyclic) bond motifs is 1. The zero-order valence-corrected chi connectivity index (χ0v) is 10.5. The van der Waals surface area contributed by atoms with Crippen LogP contribution in [0, 0.1) is 0 Å². The highest BCUT2D eigenvalue weighted by Crippen LogP contribution is 2.29. The van der Waals surface area contributed by atoms with Crippen LogP contribution < -0.4 is 10.5 Å². The summed E-state index contributed by atoms with van der Waals surface area (Å²) in [6.07, 6.45) is 3.50. The summed E-state index contributed by atoms with van der Waals surface area (Å²) in [4.78, 5) is 8.64. The van der Waals surface area contributed by atoms with Gasteiger partial charge in [0, 0.05) is 40.7 Å². The van der Waals surface area contributed by atoms with E-state index in [9.17, 15) is 0 Å². The maximum absolute atomic E-state index is 5.97. The molecule has 0 saturated heterocycles. The van der Waals surface area contributed by atoms with Crippen molar-refractivity contribution in [2.75, 3.05) is 12.8 Å². The molecule has 0 unspecified atom stereocenters. The molecule has 0 aliphatic carbocycles. The van der Waals surface area contributed by atoms with Crippen LogP contribution >= 0.6 is 0 Å². The van der Waals surface area contributed by atoms with Gasteiger partial charge >= 0.3 is 0 Å². The van der Waals surface area contributed by atoms with Crippen molar-refractivity contribution in [1.82, 2.24) is 9.97 Å². The maximum Gasteiger partial charge on any atom is 0.212 e. The van der Waals surface area contributed by atoms with Gasteiger partial charge in [-0.2, -0.15) is 0 Å². The molecule has 94 valence electrons. The molecule has 0 bridgehead atoms. The van der Waals surface area contributed by atoms with Crippen LogP contribution in [0.2, 0.25) is 0 Å². The number of nitrogens with two attached hydrogens (primary N) is 1. The lowest BCUT2D eigenvalue weighted by Gasteiger charge is -2.07. The number of para-hydroxylation sites is 1. The van der Waals surface area contributed by atoms with Gasteiger partial charge in [0.2, 0.25) is 5.88 Å². The number of aromatic nitrogens is 2. The lowest BCUT2D eigenvalue weighted by atomic mass is 10.0. The number of benzene rings is 1. The molecule has 4 nitrogen and oxygen atoms in total. The fourth-order valence-corrected chi connectivity index (χ4v) is 2.09. The average Bonchev–Trinajstić information content (AvgIpc) is 2.47. The van der Waals surface area contributed by atoms with E-state index in [0.29, 0.717) is 5.88 Å². The van der Waals surface area contributed by atoms with Crippen molar-refractivity contribution < 1.29 is 4.74 Å². The molecular weight excluding hydrogens is 238 g/mol. The Morgan fingerprint density at radius 2 is 1.95 bits per heavy atom. The van der Waals surface area contributed by atoms with Gasteiger partial charge in [-0.25, -0.2) is 4.98 Å². The van der Waals surface area contributed by atoms with Gasteiger partial charge in [-0.05, 0) is 12.1 Å². The number of rotatable bonds is 2. The van der Waals surface area contributed by atoms with E-state index in [1.54, 1.807) is 25.6 Å². The summed E-state index contributed by atoms with van der Waals surface area (Å²) in [6.45, 7) is 0. The molecule has 0 saturated carbocycles. The Hall–Kier alpha value is -2.62. The average molecular weight is 251 g/mol. The van der Waals surface area contributed by atoms with E-state index < -0.39 is 0 Å². The Labute approximate surface area is 110 Å². The molecule has 4 heteroatoms. The van der Waals surface area contributed by atoms with Gasteiger partial charge in [-0.3, -0.25) is 4.98 Å². The summed E-state index contributed by atoms with van der Waals surface area (Å²) in [5, 5.41) is 0.954. The highest BCUT2D eigenvalue weighted by atomic mass is 16.5. The molecule has 2 aromatic heterocycles. The van der Waals surface area contributed by atoms with Gasteiger partial charge < -0.3 is 10.5 Å². The van der Waals surface area contributed by atoms with Gasteiger partial charge in [0.05, 0.1) is 12.6 Å². The number of pyridine rings is 2. The van der Waals surface area contributed by atoms with Gasteiger partial charge in [-0.1, -0.05) is 18.2 Å². The quantitative estimate of drug-likeness (QED) is 0.760. The van der Waals surface area contributed by atoms with E-state index >= 15 is 0 Å². The van der Waals surface area contributed by atoms with Gasteiger partial charge in [0.15, 0.2) is 0 Å². The first kappa shape index (κ1) is 11.5. The largest absolute Gasteiger partial charge is 0.481 e. The second-order valence-electron chi connectivity index (χ2n) is 4.19. The first-order valence-electron chi connectivity index (χ1n) is 5.93. The lowest BCUT2D eigenvalue weighted by Crippen LogP contribution is -1.92. The Balaban J connectivity index is 2.21. The number of hydrogen-bond donors (Lipinski definition) is 1. The van der Waals surface area contributed by atoms with Gasteiger partial charge in [-0.15, -0.1) is 0 Å². The van der Waals surface area contributed by atoms with Gasteiger partial charge in [0.1, 0.15) is 0 Å². The monoisotopic (exact) mass is 251 g/mol. The van der Waals surface area contributed by atoms with Crippen molar-refractivity contribution in [2.45, 2.75) is 0 Å². The van der Waals surface area contributed by atoms with E-state index in [1.165, 1.54) is 0 Å². The zero-order chi connectivity index (χ0) is 13.2. The third kappa shape index (κ3) is 1.97. The molecular formula is C15H13N3O. The summed E-state index contributed by atoms with van der Waals surface area (Å²) in [7, 11) is 1.60. The first-order valence-corrected chi connectivity index (χ1v) is 5.93.